The number of nitrogens with zero attached hydrogens (tertiary/aromatic N) is 1. The van der Waals surface area contributed by atoms with Crippen LogP contribution >= 0.6 is 11.8 Å². The molecule has 4 nitrogen and oxygen atoms in total. The Morgan fingerprint density at radius 2 is 2.22 bits per heavy atom. The van der Waals surface area contributed by atoms with Gasteiger partial charge in [0.15, 0.2) is 0 Å². The molecule has 0 aliphatic heterocycles. The van der Waals surface area contributed by atoms with Crippen LogP contribution < -0.4 is 5.32 Å². The number of benzene rings is 1. The van der Waals surface area contributed by atoms with Crippen LogP contribution in [0.15, 0.2) is 29.2 Å². The highest BCUT2D eigenvalue weighted by Crippen LogP contribution is 2.19. The van der Waals surface area contributed by atoms with Gasteiger partial charge in [-0.1, -0.05) is 13.0 Å². The molecule has 0 aliphatic carbocycles. The molecule has 0 aromatic heterocycles. The number of amides is 2. The van der Waals surface area contributed by atoms with Crippen LogP contribution in [0.25, 0.3) is 0 Å². The standard InChI is InChI=1S/C13H20N2O2S/c1-3-7-15(8-9-16)13(17)14-11-5-4-6-12(10-11)18-2/h4-6,10,16H,3,7-9H2,1-2H3,(H,14,17). The van der Waals surface area contributed by atoms with Gasteiger partial charge in [0.05, 0.1) is 6.61 Å². The van der Waals surface area contributed by atoms with Crippen molar-refractivity contribution in [3.8, 4) is 0 Å². The molecule has 0 unspecified atom stereocenters. The van der Waals surface area contributed by atoms with Crippen LogP contribution in [0.4, 0.5) is 10.5 Å². The number of aliphatic hydroxyl groups is 1. The number of hydrogen-bond acceptors (Lipinski definition) is 3. The van der Waals surface area contributed by atoms with Gasteiger partial charge in [0, 0.05) is 23.7 Å². The van der Waals surface area contributed by atoms with Crippen molar-refractivity contribution in [2.45, 2.75) is 18.2 Å². The van der Waals surface area contributed by atoms with Gasteiger partial charge in [0.25, 0.3) is 0 Å². The molecule has 1 aromatic rings. The summed E-state index contributed by atoms with van der Waals surface area (Å²) in [5, 5.41) is 11.8. The Hall–Kier alpha value is -1.20. The topological polar surface area (TPSA) is 52.6 Å². The number of hydrogen-bond donors (Lipinski definition) is 2. The van der Waals surface area contributed by atoms with Gasteiger partial charge in [0.2, 0.25) is 0 Å². The first-order valence-electron chi connectivity index (χ1n) is 6.02. The Balaban J connectivity index is 2.66. The molecule has 0 fully saturated rings. The van der Waals surface area contributed by atoms with Crippen LogP contribution in [-0.2, 0) is 0 Å². The van der Waals surface area contributed by atoms with Crippen LogP contribution in [0, 0.1) is 0 Å². The fraction of sp³-hybridized carbons (Fsp3) is 0.462. The lowest BCUT2D eigenvalue weighted by molar-refractivity contribution is 0.188. The van der Waals surface area contributed by atoms with Crippen LogP contribution in [0.3, 0.4) is 0 Å². The van der Waals surface area contributed by atoms with E-state index in [0.717, 1.165) is 17.0 Å². The summed E-state index contributed by atoms with van der Waals surface area (Å²) in [6.07, 6.45) is 2.87. The summed E-state index contributed by atoms with van der Waals surface area (Å²) in [4.78, 5) is 14.7. The zero-order valence-corrected chi connectivity index (χ0v) is 11.7. The van der Waals surface area contributed by atoms with Crippen molar-refractivity contribution in [3.05, 3.63) is 24.3 Å². The van der Waals surface area contributed by atoms with E-state index in [0.29, 0.717) is 13.1 Å². The Kier molecular flexibility index (Phi) is 6.60. The number of thioether (sulfide) groups is 1. The van der Waals surface area contributed by atoms with E-state index in [1.54, 1.807) is 16.7 Å². The molecule has 0 atom stereocenters. The summed E-state index contributed by atoms with van der Waals surface area (Å²) in [5.41, 5.74) is 0.783. The van der Waals surface area contributed by atoms with Crippen LogP contribution in [0.5, 0.6) is 0 Å². The molecule has 2 N–H and O–H groups in total. The first kappa shape index (κ1) is 14.9. The Labute approximate surface area is 112 Å². The van der Waals surface area contributed by atoms with Gasteiger partial charge in [-0.3, -0.25) is 0 Å². The van der Waals surface area contributed by atoms with E-state index in [9.17, 15) is 4.79 Å². The molecular formula is C13H20N2O2S. The SMILES string of the molecule is CCCN(CCO)C(=O)Nc1cccc(SC)c1. The number of carbonyl (C=O) groups is 1. The minimum Gasteiger partial charge on any atom is -0.395 e. The first-order valence-corrected chi connectivity index (χ1v) is 7.24. The van der Waals surface area contributed by atoms with Gasteiger partial charge in [-0.25, -0.2) is 4.79 Å². The van der Waals surface area contributed by atoms with Crippen molar-refractivity contribution in [3.63, 3.8) is 0 Å². The van der Waals surface area contributed by atoms with Gasteiger partial charge in [-0.2, -0.15) is 0 Å². The smallest absolute Gasteiger partial charge is 0.321 e. The lowest BCUT2D eigenvalue weighted by Gasteiger charge is -2.21. The van der Waals surface area contributed by atoms with E-state index < -0.39 is 0 Å². The van der Waals surface area contributed by atoms with E-state index in [-0.39, 0.29) is 12.6 Å². The maximum absolute atomic E-state index is 12.0. The van der Waals surface area contributed by atoms with Crippen molar-refractivity contribution in [1.82, 2.24) is 4.90 Å². The van der Waals surface area contributed by atoms with Gasteiger partial charge in [0.1, 0.15) is 0 Å². The highest BCUT2D eigenvalue weighted by molar-refractivity contribution is 7.98. The molecule has 0 saturated heterocycles. The van der Waals surface area contributed by atoms with Crippen molar-refractivity contribution in [1.29, 1.82) is 0 Å². The molecule has 1 rings (SSSR count). The van der Waals surface area contributed by atoms with E-state index in [1.165, 1.54) is 0 Å². The minimum absolute atomic E-state index is 0.0156. The number of anilines is 1. The van der Waals surface area contributed by atoms with Gasteiger partial charge in [-0.15, -0.1) is 11.8 Å². The zero-order valence-electron chi connectivity index (χ0n) is 10.8. The van der Waals surface area contributed by atoms with Crippen molar-refractivity contribution >= 4 is 23.5 Å². The van der Waals surface area contributed by atoms with Gasteiger partial charge < -0.3 is 15.3 Å². The third kappa shape index (κ3) is 4.58. The monoisotopic (exact) mass is 268 g/mol. The molecule has 100 valence electrons. The van der Waals surface area contributed by atoms with Crippen LogP contribution in [0.1, 0.15) is 13.3 Å². The maximum Gasteiger partial charge on any atom is 0.321 e. The second kappa shape index (κ2) is 8.00. The largest absolute Gasteiger partial charge is 0.395 e. The zero-order chi connectivity index (χ0) is 13.4. The second-order valence-corrected chi connectivity index (χ2v) is 4.75. The summed E-state index contributed by atoms with van der Waals surface area (Å²) in [7, 11) is 0. The number of carbonyl (C=O) groups excluding carboxylic acids is 1. The minimum atomic E-state index is -0.163. The lowest BCUT2D eigenvalue weighted by atomic mass is 10.3. The fourth-order valence-electron chi connectivity index (χ4n) is 1.61. The average Bonchev–Trinajstić information content (AvgIpc) is 2.38. The molecule has 0 saturated carbocycles. The fourth-order valence-corrected chi connectivity index (χ4v) is 2.07. The van der Waals surface area contributed by atoms with Crippen molar-refractivity contribution in [2.24, 2.45) is 0 Å². The maximum atomic E-state index is 12.0. The Morgan fingerprint density at radius 1 is 1.44 bits per heavy atom. The molecule has 0 spiro atoms. The second-order valence-electron chi connectivity index (χ2n) is 3.87. The van der Waals surface area contributed by atoms with Gasteiger partial charge in [-0.05, 0) is 30.9 Å². The third-order valence-electron chi connectivity index (χ3n) is 2.47. The number of urea groups is 1. The molecule has 2 amide bonds. The predicted molar refractivity (Wildman–Crippen MR) is 76.2 cm³/mol. The van der Waals surface area contributed by atoms with E-state index in [1.807, 2.05) is 37.4 Å². The van der Waals surface area contributed by atoms with E-state index in [4.69, 9.17) is 5.11 Å². The van der Waals surface area contributed by atoms with E-state index in [2.05, 4.69) is 5.32 Å². The number of aliphatic hydroxyl groups excluding tert-OH is 1. The Bertz CT molecular complexity index is 379. The van der Waals surface area contributed by atoms with Gasteiger partial charge >= 0.3 is 6.03 Å². The molecular weight excluding hydrogens is 248 g/mol. The summed E-state index contributed by atoms with van der Waals surface area (Å²) in [6.45, 7) is 3.00. The Morgan fingerprint density at radius 3 is 2.83 bits per heavy atom. The molecule has 0 aliphatic rings. The first-order chi connectivity index (χ1) is 8.71. The molecule has 5 heteroatoms. The summed E-state index contributed by atoms with van der Waals surface area (Å²) < 4.78 is 0. The molecule has 0 radical (unpaired) electrons. The highest BCUT2D eigenvalue weighted by atomic mass is 32.2. The highest BCUT2D eigenvalue weighted by Gasteiger charge is 2.11. The van der Waals surface area contributed by atoms with Crippen molar-refractivity contribution < 1.29 is 9.90 Å². The van der Waals surface area contributed by atoms with Crippen molar-refractivity contribution in [2.75, 3.05) is 31.3 Å². The summed E-state index contributed by atoms with van der Waals surface area (Å²) >= 11 is 1.63. The third-order valence-corrected chi connectivity index (χ3v) is 3.20. The van der Waals surface area contributed by atoms with Crippen LogP contribution in [-0.4, -0.2) is 42.0 Å². The summed E-state index contributed by atoms with van der Waals surface area (Å²) in [6, 6.07) is 7.55. The van der Waals surface area contributed by atoms with Crippen LogP contribution in [0.2, 0.25) is 0 Å². The molecule has 18 heavy (non-hydrogen) atoms. The quantitative estimate of drug-likeness (QED) is 0.780. The summed E-state index contributed by atoms with van der Waals surface area (Å²) in [5.74, 6) is 0. The molecule has 0 bridgehead atoms. The average molecular weight is 268 g/mol. The lowest BCUT2D eigenvalue weighted by Crippen LogP contribution is -2.37. The number of nitrogens with one attached hydrogen (secondary N) is 1. The van der Waals surface area contributed by atoms with E-state index >= 15 is 0 Å². The normalized spacial score (nSPS) is 10.2. The molecule has 0 heterocycles. The predicted octanol–water partition coefficient (Wildman–Crippen LogP) is 2.64. The number of rotatable bonds is 6. The molecule has 1 aromatic carbocycles.